The van der Waals surface area contributed by atoms with Gasteiger partial charge in [-0.2, -0.15) is 0 Å². The quantitative estimate of drug-likeness (QED) is 0.789. The SMILES string of the molecule is CCN(CC1COc2ccccc2O1)C(=O)CN1CCCCC1C(=O)O.Cl. The van der Waals surface area contributed by atoms with Crippen molar-refractivity contribution in [1.29, 1.82) is 0 Å². The van der Waals surface area contributed by atoms with Crippen molar-refractivity contribution in [2.24, 2.45) is 0 Å². The molecule has 2 atom stereocenters. The number of carbonyl (C=O) groups excluding carboxylic acids is 1. The van der Waals surface area contributed by atoms with Gasteiger partial charge in [-0.15, -0.1) is 12.4 Å². The van der Waals surface area contributed by atoms with Crippen LogP contribution >= 0.6 is 12.4 Å². The van der Waals surface area contributed by atoms with E-state index in [4.69, 9.17) is 9.47 Å². The van der Waals surface area contributed by atoms with Gasteiger partial charge in [-0.05, 0) is 38.4 Å². The van der Waals surface area contributed by atoms with Crippen molar-refractivity contribution in [1.82, 2.24) is 9.80 Å². The summed E-state index contributed by atoms with van der Waals surface area (Å²) in [4.78, 5) is 27.6. The van der Waals surface area contributed by atoms with Crippen molar-refractivity contribution in [3.63, 3.8) is 0 Å². The molecule has 27 heavy (non-hydrogen) atoms. The van der Waals surface area contributed by atoms with Crippen LogP contribution in [0.3, 0.4) is 0 Å². The van der Waals surface area contributed by atoms with Crippen LogP contribution in [-0.2, 0) is 9.59 Å². The lowest BCUT2D eigenvalue weighted by Gasteiger charge is -2.35. The second-order valence-electron chi connectivity index (χ2n) is 6.75. The van der Waals surface area contributed by atoms with Crippen LogP contribution in [0.4, 0.5) is 0 Å². The normalized spacial score (nSPS) is 21.8. The molecule has 2 unspecified atom stereocenters. The number of ether oxygens (including phenoxy) is 2. The summed E-state index contributed by atoms with van der Waals surface area (Å²) >= 11 is 0. The molecule has 2 aliphatic heterocycles. The van der Waals surface area contributed by atoms with E-state index in [1.165, 1.54) is 0 Å². The molecule has 0 aliphatic carbocycles. The van der Waals surface area contributed by atoms with Gasteiger partial charge >= 0.3 is 5.97 Å². The first kappa shape index (κ1) is 21.3. The summed E-state index contributed by atoms with van der Waals surface area (Å²) in [5, 5.41) is 9.37. The Bertz CT molecular complexity index is 657. The minimum atomic E-state index is -0.846. The van der Waals surface area contributed by atoms with E-state index in [2.05, 4.69) is 0 Å². The van der Waals surface area contributed by atoms with Gasteiger partial charge in [0, 0.05) is 6.54 Å². The lowest BCUT2D eigenvalue weighted by atomic mass is 10.0. The Hall–Kier alpha value is -1.99. The van der Waals surface area contributed by atoms with Crippen molar-refractivity contribution in [2.75, 3.05) is 32.8 Å². The largest absolute Gasteiger partial charge is 0.486 e. The number of aliphatic carboxylic acids is 1. The summed E-state index contributed by atoms with van der Waals surface area (Å²) in [5.74, 6) is 0.495. The second-order valence-corrected chi connectivity index (χ2v) is 6.75. The fourth-order valence-electron chi connectivity index (χ4n) is 3.54. The smallest absolute Gasteiger partial charge is 0.320 e. The average molecular weight is 399 g/mol. The van der Waals surface area contributed by atoms with Crippen LogP contribution in [0.2, 0.25) is 0 Å². The molecule has 0 bridgehead atoms. The third kappa shape index (κ3) is 5.26. The van der Waals surface area contributed by atoms with Gasteiger partial charge in [-0.1, -0.05) is 18.6 Å². The Balaban J connectivity index is 0.00000261. The van der Waals surface area contributed by atoms with Gasteiger partial charge in [0.15, 0.2) is 17.6 Å². The molecule has 0 spiro atoms. The number of halogens is 1. The molecule has 2 heterocycles. The third-order valence-electron chi connectivity index (χ3n) is 4.96. The van der Waals surface area contributed by atoms with Crippen LogP contribution in [0, 0.1) is 0 Å². The number of likely N-dealkylation sites (N-methyl/N-ethyl adjacent to an activating group) is 1. The zero-order chi connectivity index (χ0) is 18.5. The minimum Gasteiger partial charge on any atom is -0.486 e. The summed E-state index contributed by atoms with van der Waals surface area (Å²) < 4.78 is 11.6. The van der Waals surface area contributed by atoms with Crippen LogP contribution in [0.1, 0.15) is 26.2 Å². The van der Waals surface area contributed by atoms with Crippen molar-refractivity contribution in [2.45, 2.75) is 38.3 Å². The zero-order valence-electron chi connectivity index (χ0n) is 15.5. The van der Waals surface area contributed by atoms with Crippen LogP contribution in [0.25, 0.3) is 0 Å². The number of para-hydroxylation sites is 2. The van der Waals surface area contributed by atoms with Crippen LogP contribution < -0.4 is 9.47 Å². The number of carboxylic acid groups (broad SMARTS) is 1. The highest BCUT2D eigenvalue weighted by atomic mass is 35.5. The van der Waals surface area contributed by atoms with Crippen molar-refractivity contribution in [3.8, 4) is 11.5 Å². The number of piperidine rings is 1. The molecule has 8 heteroatoms. The van der Waals surface area contributed by atoms with E-state index >= 15 is 0 Å². The van der Waals surface area contributed by atoms with E-state index in [0.29, 0.717) is 38.4 Å². The maximum absolute atomic E-state index is 12.7. The number of likely N-dealkylation sites (tertiary alicyclic amines) is 1. The molecule has 1 aromatic carbocycles. The molecule has 0 aromatic heterocycles. The molecule has 150 valence electrons. The van der Waals surface area contributed by atoms with Crippen molar-refractivity contribution < 1.29 is 24.2 Å². The Morgan fingerprint density at radius 3 is 2.70 bits per heavy atom. The van der Waals surface area contributed by atoms with E-state index in [-0.39, 0.29) is 31.0 Å². The molecule has 0 radical (unpaired) electrons. The number of fused-ring (bicyclic) bond motifs is 1. The molecule has 1 saturated heterocycles. The monoisotopic (exact) mass is 398 g/mol. The molecule has 1 aromatic rings. The molecule has 7 nitrogen and oxygen atoms in total. The summed E-state index contributed by atoms with van der Waals surface area (Å²) in [6, 6.07) is 6.92. The van der Waals surface area contributed by atoms with E-state index < -0.39 is 12.0 Å². The number of hydrogen-bond donors (Lipinski definition) is 1. The van der Waals surface area contributed by atoms with Crippen LogP contribution in [-0.4, -0.2) is 71.7 Å². The molecule has 0 saturated carbocycles. The number of nitrogens with zero attached hydrogens (tertiary/aromatic N) is 2. The van der Waals surface area contributed by atoms with Gasteiger partial charge < -0.3 is 19.5 Å². The van der Waals surface area contributed by atoms with E-state index in [9.17, 15) is 14.7 Å². The van der Waals surface area contributed by atoms with Gasteiger partial charge in [-0.3, -0.25) is 14.5 Å². The highest BCUT2D eigenvalue weighted by Gasteiger charge is 2.31. The van der Waals surface area contributed by atoms with E-state index in [1.54, 1.807) is 9.80 Å². The number of rotatable bonds is 6. The number of benzene rings is 1. The zero-order valence-corrected chi connectivity index (χ0v) is 16.3. The lowest BCUT2D eigenvalue weighted by Crippen LogP contribution is -2.51. The topological polar surface area (TPSA) is 79.3 Å². The van der Waals surface area contributed by atoms with Gasteiger partial charge in [0.1, 0.15) is 12.6 Å². The van der Waals surface area contributed by atoms with E-state index in [0.717, 1.165) is 18.6 Å². The van der Waals surface area contributed by atoms with Gasteiger partial charge in [0.25, 0.3) is 0 Å². The molecule has 1 amide bonds. The Morgan fingerprint density at radius 1 is 1.26 bits per heavy atom. The number of hydrogen-bond acceptors (Lipinski definition) is 5. The number of carboxylic acids is 1. The Morgan fingerprint density at radius 2 is 2.00 bits per heavy atom. The minimum absolute atomic E-state index is 0. The van der Waals surface area contributed by atoms with Crippen LogP contribution in [0.15, 0.2) is 24.3 Å². The fraction of sp³-hybridized carbons (Fsp3) is 0.579. The summed E-state index contributed by atoms with van der Waals surface area (Å²) in [6.45, 7) is 4.06. The standard InChI is InChI=1S/C19H26N2O5.ClH/c1-2-20(11-14-13-25-16-8-3-4-9-17(16)26-14)18(22)12-21-10-6-5-7-15(21)19(23)24;/h3-4,8-9,14-15H,2,5-7,10-13H2,1H3,(H,23,24);1H. The summed E-state index contributed by atoms with van der Waals surface area (Å²) in [7, 11) is 0. The average Bonchev–Trinajstić information content (AvgIpc) is 2.66. The van der Waals surface area contributed by atoms with Crippen molar-refractivity contribution in [3.05, 3.63) is 24.3 Å². The van der Waals surface area contributed by atoms with Gasteiger partial charge in [-0.25, -0.2) is 0 Å². The first-order valence-electron chi connectivity index (χ1n) is 9.21. The molecule has 2 aliphatic rings. The Kier molecular flexibility index (Phi) is 7.74. The molecular weight excluding hydrogens is 372 g/mol. The summed E-state index contributed by atoms with van der Waals surface area (Å²) in [6.07, 6.45) is 2.20. The predicted octanol–water partition coefficient (Wildman–Crippen LogP) is 2.04. The second kappa shape index (κ2) is 9.80. The van der Waals surface area contributed by atoms with Crippen LogP contribution in [0.5, 0.6) is 11.5 Å². The molecule has 3 rings (SSSR count). The summed E-state index contributed by atoms with van der Waals surface area (Å²) in [5.41, 5.74) is 0. The molecule has 1 N–H and O–H groups in total. The predicted molar refractivity (Wildman–Crippen MR) is 103 cm³/mol. The third-order valence-corrected chi connectivity index (χ3v) is 4.96. The van der Waals surface area contributed by atoms with Gasteiger partial charge in [0.2, 0.25) is 5.91 Å². The first-order valence-corrected chi connectivity index (χ1v) is 9.21. The van der Waals surface area contributed by atoms with Crippen molar-refractivity contribution >= 4 is 24.3 Å². The van der Waals surface area contributed by atoms with Gasteiger partial charge in [0.05, 0.1) is 13.1 Å². The molecule has 1 fully saturated rings. The number of amides is 1. The maximum Gasteiger partial charge on any atom is 0.320 e. The van der Waals surface area contributed by atoms with E-state index in [1.807, 2.05) is 31.2 Å². The first-order chi connectivity index (χ1) is 12.6. The molecular formula is C19H27ClN2O5. The highest BCUT2D eigenvalue weighted by Crippen LogP contribution is 2.31. The lowest BCUT2D eigenvalue weighted by molar-refractivity contribution is -0.146. The maximum atomic E-state index is 12.7. The highest BCUT2D eigenvalue weighted by molar-refractivity contribution is 5.85. The Labute approximate surface area is 165 Å². The fourth-order valence-corrected chi connectivity index (χ4v) is 3.54. The number of carbonyl (C=O) groups is 2.